The average Bonchev–Trinajstić information content (AvgIpc) is 3.01. The Balaban J connectivity index is 1.78. The lowest BCUT2D eigenvalue weighted by molar-refractivity contribution is -0.385. The van der Waals surface area contributed by atoms with E-state index in [4.69, 9.17) is 4.74 Å². The second kappa shape index (κ2) is 6.72. The molecule has 0 spiro atoms. The molecule has 1 aliphatic heterocycles. The van der Waals surface area contributed by atoms with Gasteiger partial charge in [-0.2, -0.15) is 0 Å². The third-order valence-electron chi connectivity index (χ3n) is 4.04. The van der Waals surface area contributed by atoms with E-state index in [2.05, 4.69) is 0 Å². The van der Waals surface area contributed by atoms with Crippen LogP contribution >= 0.6 is 0 Å². The Labute approximate surface area is 144 Å². The molecule has 1 saturated heterocycles. The SMILES string of the molecule is Cc1cc(OC(=O)c2cccc(N3CCCC3=O)c2)ccc1[N+](=O)[O-]. The number of ether oxygens (including phenoxy) is 1. The van der Waals surface area contributed by atoms with Gasteiger partial charge in [-0.1, -0.05) is 6.07 Å². The van der Waals surface area contributed by atoms with Crippen LogP contribution in [0.15, 0.2) is 42.5 Å². The molecule has 0 bridgehead atoms. The maximum absolute atomic E-state index is 12.3. The normalized spacial score (nSPS) is 13.8. The van der Waals surface area contributed by atoms with Crippen molar-refractivity contribution in [2.75, 3.05) is 11.4 Å². The number of benzene rings is 2. The first-order valence-corrected chi connectivity index (χ1v) is 7.83. The van der Waals surface area contributed by atoms with Crippen molar-refractivity contribution in [1.29, 1.82) is 0 Å². The van der Waals surface area contributed by atoms with Crippen LogP contribution in [-0.4, -0.2) is 23.3 Å². The molecule has 1 fully saturated rings. The van der Waals surface area contributed by atoms with Gasteiger partial charge in [0.1, 0.15) is 5.75 Å². The number of hydrogen-bond acceptors (Lipinski definition) is 5. The predicted molar refractivity (Wildman–Crippen MR) is 90.8 cm³/mol. The Kier molecular flexibility index (Phi) is 4.47. The fraction of sp³-hybridized carbons (Fsp3) is 0.222. The number of carbonyl (C=O) groups excluding carboxylic acids is 2. The van der Waals surface area contributed by atoms with Crippen molar-refractivity contribution >= 4 is 23.3 Å². The highest BCUT2D eigenvalue weighted by Gasteiger charge is 2.22. The zero-order chi connectivity index (χ0) is 18.0. The fourth-order valence-corrected chi connectivity index (χ4v) is 2.78. The number of hydrogen-bond donors (Lipinski definition) is 0. The summed E-state index contributed by atoms with van der Waals surface area (Å²) in [5.41, 5.74) is 1.35. The Morgan fingerprint density at radius 3 is 2.68 bits per heavy atom. The highest BCUT2D eigenvalue weighted by atomic mass is 16.6. The molecular formula is C18H16N2O5. The number of aryl methyl sites for hydroxylation is 1. The zero-order valence-electron chi connectivity index (χ0n) is 13.6. The summed E-state index contributed by atoms with van der Waals surface area (Å²) in [7, 11) is 0. The number of anilines is 1. The molecule has 3 rings (SSSR count). The summed E-state index contributed by atoms with van der Waals surface area (Å²) in [6, 6.07) is 10.8. The number of carbonyl (C=O) groups is 2. The van der Waals surface area contributed by atoms with Crippen molar-refractivity contribution < 1.29 is 19.2 Å². The van der Waals surface area contributed by atoms with Crippen LogP contribution < -0.4 is 9.64 Å². The summed E-state index contributed by atoms with van der Waals surface area (Å²) in [5.74, 6) is -0.311. The van der Waals surface area contributed by atoms with Gasteiger partial charge >= 0.3 is 5.97 Å². The third-order valence-corrected chi connectivity index (χ3v) is 4.04. The maximum Gasteiger partial charge on any atom is 0.343 e. The zero-order valence-corrected chi connectivity index (χ0v) is 13.6. The van der Waals surface area contributed by atoms with E-state index in [1.807, 2.05) is 0 Å². The molecule has 1 aliphatic rings. The topological polar surface area (TPSA) is 89.8 Å². The molecule has 0 N–H and O–H groups in total. The van der Waals surface area contributed by atoms with Gasteiger partial charge in [-0.15, -0.1) is 0 Å². The molecule has 0 atom stereocenters. The van der Waals surface area contributed by atoms with E-state index in [0.29, 0.717) is 29.8 Å². The summed E-state index contributed by atoms with van der Waals surface area (Å²) in [6.07, 6.45) is 1.31. The standard InChI is InChI=1S/C18H16N2O5/c1-12-10-15(7-8-16(12)20(23)24)25-18(22)13-4-2-5-14(11-13)19-9-3-6-17(19)21/h2,4-5,7-8,10-11H,3,6,9H2,1H3. The second-order valence-corrected chi connectivity index (χ2v) is 5.79. The van der Waals surface area contributed by atoms with Crippen LogP contribution in [-0.2, 0) is 4.79 Å². The smallest absolute Gasteiger partial charge is 0.343 e. The van der Waals surface area contributed by atoms with Crippen LogP contribution in [0.25, 0.3) is 0 Å². The molecule has 0 aliphatic carbocycles. The van der Waals surface area contributed by atoms with Gasteiger partial charge in [-0.25, -0.2) is 4.79 Å². The number of nitrogens with zero attached hydrogens (tertiary/aromatic N) is 2. The summed E-state index contributed by atoms with van der Waals surface area (Å²) in [4.78, 5) is 36.1. The highest BCUT2D eigenvalue weighted by molar-refractivity contribution is 5.97. The van der Waals surface area contributed by atoms with Gasteiger partial charge in [0.25, 0.3) is 5.69 Å². The molecule has 7 heteroatoms. The van der Waals surface area contributed by atoms with Gasteiger partial charge in [0, 0.05) is 30.3 Å². The van der Waals surface area contributed by atoms with Crippen LogP contribution in [0.2, 0.25) is 0 Å². The number of amides is 1. The van der Waals surface area contributed by atoms with Crippen molar-refractivity contribution in [2.45, 2.75) is 19.8 Å². The van der Waals surface area contributed by atoms with Crippen molar-refractivity contribution in [3.8, 4) is 5.75 Å². The first kappa shape index (κ1) is 16.6. The molecule has 25 heavy (non-hydrogen) atoms. The van der Waals surface area contributed by atoms with Crippen LogP contribution in [0.3, 0.4) is 0 Å². The van der Waals surface area contributed by atoms with E-state index in [-0.39, 0.29) is 17.3 Å². The molecule has 0 saturated carbocycles. The summed E-state index contributed by atoms with van der Waals surface area (Å²) >= 11 is 0. The third kappa shape index (κ3) is 3.50. The average molecular weight is 340 g/mol. The van der Waals surface area contributed by atoms with E-state index >= 15 is 0 Å². The van der Waals surface area contributed by atoms with Crippen LogP contribution in [0.1, 0.15) is 28.8 Å². The van der Waals surface area contributed by atoms with E-state index < -0.39 is 10.9 Å². The lowest BCUT2D eigenvalue weighted by atomic mass is 10.2. The van der Waals surface area contributed by atoms with Gasteiger partial charge in [0.05, 0.1) is 10.5 Å². The molecule has 1 amide bonds. The molecule has 0 aromatic heterocycles. The molecular weight excluding hydrogens is 324 g/mol. The lowest BCUT2D eigenvalue weighted by Crippen LogP contribution is -2.24. The Morgan fingerprint density at radius 1 is 1.24 bits per heavy atom. The summed E-state index contributed by atoms with van der Waals surface area (Å²) in [6.45, 7) is 2.22. The minimum Gasteiger partial charge on any atom is -0.423 e. The number of nitro benzene ring substituents is 1. The Morgan fingerprint density at radius 2 is 2.04 bits per heavy atom. The Hall–Kier alpha value is -3.22. The second-order valence-electron chi connectivity index (χ2n) is 5.79. The molecule has 7 nitrogen and oxygen atoms in total. The molecule has 2 aromatic rings. The van der Waals surface area contributed by atoms with Crippen LogP contribution in [0.4, 0.5) is 11.4 Å². The van der Waals surface area contributed by atoms with E-state index in [1.54, 1.807) is 36.1 Å². The molecule has 1 heterocycles. The summed E-state index contributed by atoms with van der Waals surface area (Å²) < 4.78 is 5.30. The lowest BCUT2D eigenvalue weighted by Gasteiger charge is -2.16. The van der Waals surface area contributed by atoms with Gasteiger partial charge in [-0.05, 0) is 43.7 Å². The number of rotatable bonds is 4. The van der Waals surface area contributed by atoms with Crippen molar-refractivity contribution in [2.24, 2.45) is 0 Å². The minimum atomic E-state index is -0.582. The van der Waals surface area contributed by atoms with Crippen molar-refractivity contribution in [1.82, 2.24) is 0 Å². The highest BCUT2D eigenvalue weighted by Crippen LogP contribution is 2.25. The first-order chi connectivity index (χ1) is 12.0. The quantitative estimate of drug-likeness (QED) is 0.369. The van der Waals surface area contributed by atoms with Gasteiger partial charge in [-0.3, -0.25) is 14.9 Å². The predicted octanol–water partition coefficient (Wildman–Crippen LogP) is 3.25. The molecule has 0 radical (unpaired) electrons. The number of nitro groups is 1. The van der Waals surface area contributed by atoms with Crippen LogP contribution in [0.5, 0.6) is 5.75 Å². The Bertz CT molecular complexity index is 862. The van der Waals surface area contributed by atoms with Crippen molar-refractivity contribution in [3.05, 3.63) is 63.7 Å². The van der Waals surface area contributed by atoms with Crippen molar-refractivity contribution in [3.63, 3.8) is 0 Å². The van der Waals surface area contributed by atoms with Gasteiger partial charge < -0.3 is 9.64 Å². The molecule has 2 aromatic carbocycles. The van der Waals surface area contributed by atoms with Crippen LogP contribution in [0, 0.1) is 17.0 Å². The van der Waals surface area contributed by atoms with E-state index in [9.17, 15) is 19.7 Å². The molecule has 128 valence electrons. The summed E-state index contributed by atoms with van der Waals surface area (Å²) in [5, 5.41) is 10.8. The van der Waals surface area contributed by atoms with E-state index in [1.165, 1.54) is 18.2 Å². The van der Waals surface area contributed by atoms with Gasteiger partial charge in [0.15, 0.2) is 0 Å². The van der Waals surface area contributed by atoms with E-state index in [0.717, 1.165) is 6.42 Å². The largest absolute Gasteiger partial charge is 0.423 e. The minimum absolute atomic E-state index is 0.0330. The molecule has 0 unspecified atom stereocenters. The van der Waals surface area contributed by atoms with Gasteiger partial charge in [0.2, 0.25) is 5.91 Å². The number of esters is 1. The fourth-order valence-electron chi connectivity index (χ4n) is 2.78. The first-order valence-electron chi connectivity index (χ1n) is 7.83. The maximum atomic E-state index is 12.3. The monoisotopic (exact) mass is 340 g/mol.